The Hall–Kier alpha value is -2.27. The van der Waals surface area contributed by atoms with Gasteiger partial charge in [0.15, 0.2) is 0 Å². The van der Waals surface area contributed by atoms with Gasteiger partial charge in [-0.15, -0.1) is 11.6 Å². The highest BCUT2D eigenvalue weighted by Gasteiger charge is 2.19. The second-order valence-electron chi connectivity index (χ2n) is 4.92. The molecule has 0 aliphatic carbocycles. The van der Waals surface area contributed by atoms with Crippen molar-refractivity contribution in [1.82, 2.24) is 9.78 Å². The van der Waals surface area contributed by atoms with E-state index in [1.807, 2.05) is 43.5 Å². The number of carbonyl (C=O) groups is 1. The second-order valence-corrected chi connectivity index (χ2v) is 5.19. The molecule has 0 radical (unpaired) electrons. The van der Waals surface area contributed by atoms with Crippen molar-refractivity contribution in [3.05, 3.63) is 48.5 Å². The van der Waals surface area contributed by atoms with E-state index >= 15 is 0 Å². The van der Waals surface area contributed by atoms with Gasteiger partial charge in [-0.1, -0.05) is 18.2 Å². The molecule has 0 unspecified atom stereocenters. The molecule has 0 fully saturated rings. The van der Waals surface area contributed by atoms with Crippen LogP contribution in [0.15, 0.2) is 47.1 Å². The van der Waals surface area contributed by atoms with Crippen molar-refractivity contribution in [3.63, 3.8) is 0 Å². The lowest BCUT2D eigenvalue weighted by Gasteiger charge is -2.18. The molecule has 3 aromatic rings. The summed E-state index contributed by atoms with van der Waals surface area (Å²) in [6, 6.07) is 9.69. The van der Waals surface area contributed by atoms with E-state index in [9.17, 15) is 4.79 Å². The highest BCUT2D eigenvalue weighted by Crippen LogP contribution is 2.23. The number of furan rings is 1. The standard InChI is InChI=1S/C16H16ClN3O2/c1-2-19-10-13(9-18-19)20(16(21)8-17)11-14-7-12-5-3-4-6-15(12)22-14/h3-7,9-10H,2,8,11H2,1H3. The summed E-state index contributed by atoms with van der Waals surface area (Å²) in [6.07, 6.45) is 3.49. The van der Waals surface area contributed by atoms with E-state index in [-0.39, 0.29) is 11.8 Å². The molecule has 2 heterocycles. The minimum absolute atomic E-state index is 0.0858. The van der Waals surface area contributed by atoms with Gasteiger partial charge in [0.2, 0.25) is 5.91 Å². The minimum Gasteiger partial charge on any atom is -0.459 e. The zero-order valence-corrected chi connectivity index (χ0v) is 13.0. The van der Waals surface area contributed by atoms with Crippen molar-refractivity contribution < 1.29 is 9.21 Å². The zero-order chi connectivity index (χ0) is 15.5. The molecule has 0 bridgehead atoms. The third-order valence-corrected chi connectivity index (χ3v) is 3.69. The fraction of sp³-hybridized carbons (Fsp3) is 0.250. The molecule has 1 amide bonds. The van der Waals surface area contributed by atoms with Crippen molar-refractivity contribution >= 4 is 34.2 Å². The maximum atomic E-state index is 12.1. The van der Waals surface area contributed by atoms with Crippen LogP contribution < -0.4 is 4.90 Å². The minimum atomic E-state index is -0.183. The smallest absolute Gasteiger partial charge is 0.242 e. The molecule has 0 N–H and O–H groups in total. The number of rotatable bonds is 5. The Morgan fingerprint density at radius 3 is 2.91 bits per heavy atom. The molecule has 0 aliphatic rings. The monoisotopic (exact) mass is 317 g/mol. The number of hydrogen-bond donors (Lipinski definition) is 0. The molecule has 0 atom stereocenters. The lowest BCUT2D eigenvalue weighted by atomic mass is 10.2. The zero-order valence-electron chi connectivity index (χ0n) is 12.2. The molecule has 5 nitrogen and oxygen atoms in total. The van der Waals surface area contributed by atoms with Crippen LogP contribution in [0.5, 0.6) is 0 Å². The van der Waals surface area contributed by atoms with E-state index in [0.29, 0.717) is 18.0 Å². The third kappa shape index (κ3) is 2.85. The number of fused-ring (bicyclic) bond motifs is 1. The normalized spacial score (nSPS) is 11.0. The van der Waals surface area contributed by atoms with Gasteiger partial charge in [-0.25, -0.2) is 0 Å². The SMILES string of the molecule is CCn1cc(N(Cc2cc3ccccc3o2)C(=O)CCl)cn1. The van der Waals surface area contributed by atoms with Gasteiger partial charge in [-0.05, 0) is 19.1 Å². The molecule has 0 spiro atoms. The van der Waals surface area contributed by atoms with Crippen LogP contribution in [0, 0.1) is 0 Å². The number of carbonyl (C=O) groups excluding carboxylic acids is 1. The van der Waals surface area contributed by atoms with E-state index in [4.69, 9.17) is 16.0 Å². The number of anilines is 1. The molecular formula is C16H16ClN3O2. The van der Waals surface area contributed by atoms with Crippen molar-refractivity contribution in [2.75, 3.05) is 10.8 Å². The van der Waals surface area contributed by atoms with E-state index in [2.05, 4.69) is 5.10 Å². The first-order valence-corrected chi connectivity index (χ1v) is 7.61. The van der Waals surface area contributed by atoms with Crippen molar-refractivity contribution in [1.29, 1.82) is 0 Å². The fourth-order valence-corrected chi connectivity index (χ4v) is 2.48. The summed E-state index contributed by atoms with van der Waals surface area (Å²) in [5, 5.41) is 5.22. The number of benzene rings is 1. The average Bonchev–Trinajstić information content (AvgIpc) is 3.17. The predicted molar refractivity (Wildman–Crippen MR) is 86.0 cm³/mol. The number of halogens is 1. The largest absolute Gasteiger partial charge is 0.459 e. The predicted octanol–water partition coefficient (Wildman–Crippen LogP) is 3.42. The van der Waals surface area contributed by atoms with E-state index in [1.165, 1.54) is 0 Å². The first kappa shape index (κ1) is 14.7. The van der Waals surface area contributed by atoms with Crippen LogP contribution in [0.1, 0.15) is 12.7 Å². The fourth-order valence-electron chi connectivity index (χ4n) is 2.33. The van der Waals surface area contributed by atoms with Gasteiger partial charge in [0.25, 0.3) is 0 Å². The Bertz CT molecular complexity index is 760. The molecule has 0 saturated heterocycles. The van der Waals surface area contributed by atoms with Crippen molar-refractivity contribution in [2.24, 2.45) is 0 Å². The van der Waals surface area contributed by atoms with Gasteiger partial charge in [0.05, 0.1) is 18.4 Å². The highest BCUT2D eigenvalue weighted by molar-refractivity contribution is 6.29. The number of hydrogen-bond acceptors (Lipinski definition) is 3. The summed E-state index contributed by atoms with van der Waals surface area (Å²) < 4.78 is 7.55. The molecule has 22 heavy (non-hydrogen) atoms. The number of aromatic nitrogens is 2. The average molecular weight is 318 g/mol. The van der Waals surface area contributed by atoms with Crippen LogP contribution in [0.3, 0.4) is 0 Å². The maximum Gasteiger partial charge on any atom is 0.242 e. The van der Waals surface area contributed by atoms with Crippen LogP contribution in [0.2, 0.25) is 0 Å². The van der Waals surface area contributed by atoms with Gasteiger partial charge in [-0.2, -0.15) is 5.10 Å². The van der Waals surface area contributed by atoms with Gasteiger partial charge >= 0.3 is 0 Å². The summed E-state index contributed by atoms with van der Waals surface area (Å²) in [5.74, 6) is 0.444. The van der Waals surface area contributed by atoms with E-state index in [0.717, 1.165) is 17.5 Å². The number of aryl methyl sites for hydroxylation is 1. The second kappa shape index (κ2) is 6.23. The number of nitrogens with zero attached hydrogens (tertiary/aromatic N) is 3. The van der Waals surface area contributed by atoms with E-state index in [1.54, 1.807) is 15.8 Å². The molecule has 114 valence electrons. The van der Waals surface area contributed by atoms with Gasteiger partial charge in [-0.3, -0.25) is 9.48 Å². The Morgan fingerprint density at radius 1 is 1.41 bits per heavy atom. The Balaban J connectivity index is 1.90. The summed E-state index contributed by atoms with van der Waals surface area (Å²) in [4.78, 5) is 13.7. The summed E-state index contributed by atoms with van der Waals surface area (Å²) in [5.41, 5.74) is 1.52. The molecule has 0 aliphatic heterocycles. The molecule has 3 rings (SSSR count). The molecule has 2 aromatic heterocycles. The topological polar surface area (TPSA) is 51.3 Å². The molecule has 1 aromatic carbocycles. The van der Waals surface area contributed by atoms with Crippen LogP contribution in [0.4, 0.5) is 5.69 Å². The Morgan fingerprint density at radius 2 is 2.23 bits per heavy atom. The Kier molecular flexibility index (Phi) is 4.15. The summed E-state index contributed by atoms with van der Waals surface area (Å²) in [7, 11) is 0. The summed E-state index contributed by atoms with van der Waals surface area (Å²) >= 11 is 5.73. The number of amides is 1. The highest BCUT2D eigenvalue weighted by atomic mass is 35.5. The lowest BCUT2D eigenvalue weighted by molar-refractivity contribution is -0.116. The van der Waals surface area contributed by atoms with Gasteiger partial charge < -0.3 is 9.32 Å². The maximum absolute atomic E-state index is 12.1. The first-order valence-electron chi connectivity index (χ1n) is 7.07. The molecule has 0 saturated carbocycles. The first-order chi connectivity index (χ1) is 10.7. The number of para-hydroxylation sites is 1. The third-order valence-electron chi connectivity index (χ3n) is 3.46. The molecule has 6 heteroatoms. The lowest BCUT2D eigenvalue weighted by Crippen LogP contribution is -2.30. The Labute approximate surface area is 133 Å². The van der Waals surface area contributed by atoms with Crippen LogP contribution in [-0.2, 0) is 17.9 Å². The van der Waals surface area contributed by atoms with Crippen molar-refractivity contribution in [3.8, 4) is 0 Å². The van der Waals surface area contributed by atoms with Crippen LogP contribution in [0.25, 0.3) is 11.0 Å². The number of alkyl halides is 1. The van der Waals surface area contributed by atoms with Crippen molar-refractivity contribution in [2.45, 2.75) is 20.0 Å². The van der Waals surface area contributed by atoms with Crippen LogP contribution >= 0.6 is 11.6 Å². The quantitative estimate of drug-likeness (QED) is 0.677. The summed E-state index contributed by atoms with van der Waals surface area (Å²) in [6.45, 7) is 3.06. The van der Waals surface area contributed by atoms with Gasteiger partial charge in [0.1, 0.15) is 17.2 Å². The van der Waals surface area contributed by atoms with Crippen LogP contribution in [-0.4, -0.2) is 21.6 Å². The van der Waals surface area contributed by atoms with Gasteiger partial charge in [0, 0.05) is 18.1 Å². The molecular weight excluding hydrogens is 302 g/mol. The van der Waals surface area contributed by atoms with E-state index < -0.39 is 0 Å².